The summed E-state index contributed by atoms with van der Waals surface area (Å²) in [7, 11) is 0. The summed E-state index contributed by atoms with van der Waals surface area (Å²) < 4.78 is 5.06. The average Bonchev–Trinajstić information content (AvgIpc) is 2.72. The molecule has 0 bridgehead atoms. The van der Waals surface area contributed by atoms with E-state index in [4.69, 9.17) is 4.52 Å². The van der Waals surface area contributed by atoms with Crippen LogP contribution in [0.3, 0.4) is 0 Å². The molecule has 1 saturated heterocycles. The van der Waals surface area contributed by atoms with Gasteiger partial charge in [-0.25, -0.2) is 0 Å². The fourth-order valence-electron chi connectivity index (χ4n) is 1.23. The molecule has 0 aromatic carbocycles. The second-order valence-corrected chi connectivity index (χ2v) is 4.42. The van der Waals surface area contributed by atoms with E-state index in [9.17, 15) is 0 Å². The molecule has 1 aliphatic rings. The summed E-state index contributed by atoms with van der Waals surface area (Å²) in [6.07, 6.45) is 0. The van der Waals surface area contributed by atoms with Gasteiger partial charge in [-0.05, 0) is 13.8 Å². The Bertz CT molecular complexity index is 348. The molecule has 1 aromatic rings. The van der Waals surface area contributed by atoms with Crippen LogP contribution < -0.4 is 5.32 Å². The van der Waals surface area contributed by atoms with Crippen LogP contribution in [0.25, 0.3) is 0 Å². The van der Waals surface area contributed by atoms with Gasteiger partial charge in [-0.15, -0.1) is 0 Å². The van der Waals surface area contributed by atoms with Gasteiger partial charge in [0.05, 0.1) is 5.69 Å². The number of thioether (sulfide) groups is 1. The minimum Gasteiger partial charge on any atom is -0.362 e. The van der Waals surface area contributed by atoms with Crippen molar-refractivity contribution in [1.82, 2.24) is 10.5 Å². The van der Waals surface area contributed by atoms with Crippen molar-refractivity contribution >= 4 is 16.9 Å². The highest BCUT2D eigenvalue weighted by atomic mass is 32.2. The maximum atomic E-state index is 5.06. The van der Waals surface area contributed by atoms with E-state index in [2.05, 4.69) is 22.4 Å². The summed E-state index contributed by atoms with van der Waals surface area (Å²) in [5, 5.41) is 8.09. The number of aromatic nitrogens is 1. The zero-order valence-corrected chi connectivity index (χ0v) is 9.10. The Balaban J connectivity index is 1.93. The van der Waals surface area contributed by atoms with Crippen molar-refractivity contribution in [2.24, 2.45) is 4.99 Å². The molecule has 0 saturated carbocycles. The largest absolute Gasteiger partial charge is 0.362 e. The van der Waals surface area contributed by atoms with Gasteiger partial charge in [0, 0.05) is 17.9 Å². The van der Waals surface area contributed by atoms with E-state index in [1.54, 1.807) is 11.8 Å². The summed E-state index contributed by atoms with van der Waals surface area (Å²) >= 11 is 1.75. The SMILES string of the molecule is Cc1cc(CN=C2NC(C)CS2)on1. The summed E-state index contributed by atoms with van der Waals surface area (Å²) in [6.45, 7) is 4.63. The van der Waals surface area contributed by atoms with Crippen LogP contribution in [0, 0.1) is 6.92 Å². The lowest BCUT2D eigenvalue weighted by Crippen LogP contribution is -2.23. The first kappa shape index (κ1) is 9.58. The fraction of sp³-hybridized carbons (Fsp3) is 0.556. The Morgan fingerprint density at radius 1 is 1.79 bits per heavy atom. The van der Waals surface area contributed by atoms with Crippen molar-refractivity contribution in [3.05, 3.63) is 17.5 Å². The van der Waals surface area contributed by atoms with Crippen molar-refractivity contribution in [2.75, 3.05) is 5.75 Å². The Morgan fingerprint density at radius 2 is 2.64 bits per heavy atom. The highest BCUT2D eigenvalue weighted by Crippen LogP contribution is 2.14. The maximum Gasteiger partial charge on any atom is 0.158 e. The van der Waals surface area contributed by atoms with Crippen LogP contribution in [0.4, 0.5) is 0 Å². The van der Waals surface area contributed by atoms with Gasteiger partial charge in [0.15, 0.2) is 10.9 Å². The Labute approximate surface area is 87.1 Å². The van der Waals surface area contributed by atoms with Crippen LogP contribution in [0.2, 0.25) is 0 Å². The van der Waals surface area contributed by atoms with Crippen molar-refractivity contribution in [1.29, 1.82) is 0 Å². The average molecular weight is 211 g/mol. The molecule has 2 heterocycles. The minimum atomic E-state index is 0.523. The predicted octanol–water partition coefficient (Wildman–Crippen LogP) is 1.56. The van der Waals surface area contributed by atoms with Gasteiger partial charge in [-0.3, -0.25) is 4.99 Å². The third-order valence-electron chi connectivity index (χ3n) is 1.90. The van der Waals surface area contributed by atoms with Gasteiger partial charge < -0.3 is 9.84 Å². The number of aryl methyl sites for hydroxylation is 1. The van der Waals surface area contributed by atoms with Gasteiger partial charge in [-0.1, -0.05) is 16.9 Å². The number of amidine groups is 1. The summed E-state index contributed by atoms with van der Waals surface area (Å²) in [4.78, 5) is 4.39. The standard InChI is InChI=1S/C9H13N3OS/c1-6-3-8(13-12-6)4-10-9-11-7(2)5-14-9/h3,7H,4-5H2,1-2H3,(H,10,11). The molecule has 0 spiro atoms. The summed E-state index contributed by atoms with van der Waals surface area (Å²) in [5.74, 6) is 1.91. The topological polar surface area (TPSA) is 50.4 Å². The zero-order chi connectivity index (χ0) is 9.97. The quantitative estimate of drug-likeness (QED) is 0.806. The van der Waals surface area contributed by atoms with E-state index in [0.717, 1.165) is 22.4 Å². The minimum absolute atomic E-state index is 0.523. The highest BCUT2D eigenvalue weighted by molar-refractivity contribution is 8.14. The summed E-state index contributed by atoms with van der Waals surface area (Å²) in [6, 6.07) is 2.43. The number of nitrogens with one attached hydrogen (secondary N) is 1. The number of hydrogen-bond donors (Lipinski definition) is 1. The number of nitrogens with zero attached hydrogens (tertiary/aromatic N) is 2. The molecule has 0 radical (unpaired) electrons. The lowest BCUT2D eigenvalue weighted by atomic mass is 10.4. The van der Waals surface area contributed by atoms with E-state index in [1.807, 2.05) is 13.0 Å². The molecule has 14 heavy (non-hydrogen) atoms. The highest BCUT2D eigenvalue weighted by Gasteiger charge is 2.15. The molecule has 1 aliphatic heterocycles. The Morgan fingerprint density at radius 3 is 3.21 bits per heavy atom. The second kappa shape index (κ2) is 4.04. The molecule has 1 fully saturated rings. The third-order valence-corrected chi connectivity index (χ3v) is 3.08. The molecule has 2 rings (SSSR count). The molecular formula is C9H13N3OS. The van der Waals surface area contributed by atoms with E-state index in [-0.39, 0.29) is 0 Å². The Hall–Kier alpha value is -0.970. The normalized spacial score (nSPS) is 24.1. The fourth-order valence-corrected chi connectivity index (χ4v) is 2.16. The Kier molecular flexibility index (Phi) is 2.77. The molecule has 76 valence electrons. The van der Waals surface area contributed by atoms with Crippen LogP contribution in [-0.4, -0.2) is 22.1 Å². The molecule has 1 unspecified atom stereocenters. The van der Waals surface area contributed by atoms with Gasteiger partial charge in [0.1, 0.15) is 6.54 Å². The van der Waals surface area contributed by atoms with E-state index in [0.29, 0.717) is 12.6 Å². The summed E-state index contributed by atoms with van der Waals surface area (Å²) in [5.41, 5.74) is 0.903. The van der Waals surface area contributed by atoms with Crippen LogP contribution >= 0.6 is 11.8 Å². The van der Waals surface area contributed by atoms with Gasteiger partial charge in [0.25, 0.3) is 0 Å². The number of rotatable bonds is 2. The molecule has 0 aliphatic carbocycles. The number of aliphatic imine (C=N–C) groups is 1. The molecular weight excluding hydrogens is 198 g/mol. The number of hydrogen-bond acceptors (Lipinski definition) is 4. The van der Waals surface area contributed by atoms with Gasteiger partial charge in [0.2, 0.25) is 0 Å². The molecule has 4 nitrogen and oxygen atoms in total. The maximum absolute atomic E-state index is 5.06. The first-order chi connectivity index (χ1) is 6.74. The van der Waals surface area contributed by atoms with E-state index in [1.165, 1.54) is 0 Å². The van der Waals surface area contributed by atoms with Crippen LogP contribution in [-0.2, 0) is 6.54 Å². The van der Waals surface area contributed by atoms with Gasteiger partial charge in [-0.2, -0.15) is 0 Å². The molecule has 0 amide bonds. The smallest absolute Gasteiger partial charge is 0.158 e. The van der Waals surface area contributed by atoms with Crippen molar-refractivity contribution in [3.63, 3.8) is 0 Å². The van der Waals surface area contributed by atoms with Gasteiger partial charge >= 0.3 is 0 Å². The zero-order valence-electron chi connectivity index (χ0n) is 8.28. The van der Waals surface area contributed by atoms with E-state index < -0.39 is 0 Å². The van der Waals surface area contributed by atoms with Crippen LogP contribution in [0.15, 0.2) is 15.6 Å². The van der Waals surface area contributed by atoms with Crippen molar-refractivity contribution in [3.8, 4) is 0 Å². The lowest BCUT2D eigenvalue weighted by molar-refractivity contribution is 0.381. The van der Waals surface area contributed by atoms with Crippen LogP contribution in [0.1, 0.15) is 18.4 Å². The predicted molar refractivity (Wildman–Crippen MR) is 57.4 cm³/mol. The van der Waals surface area contributed by atoms with Crippen molar-refractivity contribution in [2.45, 2.75) is 26.4 Å². The van der Waals surface area contributed by atoms with E-state index >= 15 is 0 Å². The van der Waals surface area contributed by atoms with Crippen LogP contribution in [0.5, 0.6) is 0 Å². The molecule has 5 heteroatoms. The lowest BCUT2D eigenvalue weighted by Gasteiger charge is -1.99. The second-order valence-electron chi connectivity index (χ2n) is 3.41. The molecule has 1 N–H and O–H groups in total. The first-order valence-electron chi connectivity index (χ1n) is 4.60. The van der Waals surface area contributed by atoms with Crippen molar-refractivity contribution < 1.29 is 4.52 Å². The third kappa shape index (κ3) is 2.29. The monoisotopic (exact) mass is 211 g/mol. The molecule has 1 aromatic heterocycles. The molecule has 1 atom stereocenters. The first-order valence-corrected chi connectivity index (χ1v) is 5.58.